The molecule has 0 spiro atoms. The second kappa shape index (κ2) is 4.89. The summed E-state index contributed by atoms with van der Waals surface area (Å²) in [6, 6.07) is 5.61. The van der Waals surface area contributed by atoms with Crippen molar-refractivity contribution in [3.8, 4) is 0 Å². The molecular formula is C13H14BrN3O2S. The third kappa shape index (κ3) is 2.47. The Morgan fingerprint density at radius 2 is 2.25 bits per heavy atom. The molecule has 2 aromatic rings. The second-order valence-electron chi connectivity index (χ2n) is 4.81. The largest absolute Gasteiger partial charge is 0.370 e. The highest BCUT2D eigenvalue weighted by Crippen LogP contribution is 2.28. The Morgan fingerprint density at radius 3 is 2.90 bits per heavy atom. The molecule has 5 nitrogen and oxygen atoms in total. The van der Waals surface area contributed by atoms with Gasteiger partial charge in [0.05, 0.1) is 23.5 Å². The van der Waals surface area contributed by atoms with Crippen LogP contribution in [0.1, 0.15) is 0 Å². The van der Waals surface area contributed by atoms with Crippen LogP contribution < -0.4 is 5.32 Å². The van der Waals surface area contributed by atoms with E-state index in [1.165, 1.54) is 6.26 Å². The minimum Gasteiger partial charge on any atom is -0.370 e. The Labute approximate surface area is 125 Å². The molecule has 106 valence electrons. The summed E-state index contributed by atoms with van der Waals surface area (Å²) in [6.45, 7) is 2.18. The van der Waals surface area contributed by atoms with Crippen LogP contribution in [0.2, 0.25) is 0 Å². The van der Waals surface area contributed by atoms with Crippen molar-refractivity contribution in [3.63, 3.8) is 0 Å². The number of aliphatic imine (C=N–C) groups is 1. The van der Waals surface area contributed by atoms with Gasteiger partial charge in [0.1, 0.15) is 5.84 Å². The minimum absolute atomic E-state index is 0.360. The van der Waals surface area contributed by atoms with Gasteiger partial charge < -0.3 is 9.88 Å². The van der Waals surface area contributed by atoms with E-state index in [9.17, 15) is 8.42 Å². The highest BCUT2D eigenvalue weighted by atomic mass is 79.9. The van der Waals surface area contributed by atoms with Crippen molar-refractivity contribution in [2.45, 2.75) is 11.4 Å². The molecule has 3 rings (SSSR count). The fraction of sp³-hybridized carbons (Fsp3) is 0.308. The van der Waals surface area contributed by atoms with Crippen LogP contribution in [-0.2, 0) is 16.4 Å². The molecule has 0 saturated heterocycles. The summed E-state index contributed by atoms with van der Waals surface area (Å²) in [6.07, 6.45) is 2.93. The Kier molecular flexibility index (Phi) is 3.33. The molecular weight excluding hydrogens is 342 g/mol. The van der Waals surface area contributed by atoms with Gasteiger partial charge in [-0.2, -0.15) is 0 Å². The summed E-state index contributed by atoms with van der Waals surface area (Å²) in [5, 5.41) is 3.95. The quantitative estimate of drug-likeness (QED) is 0.912. The number of sulfone groups is 1. The topological polar surface area (TPSA) is 63.5 Å². The number of benzene rings is 1. The first kappa shape index (κ1) is 13.6. The van der Waals surface area contributed by atoms with Gasteiger partial charge in [0.25, 0.3) is 0 Å². The zero-order valence-electron chi connectivity index (χ0n) is 10.9. The van der Waals surface area contributed by atoms with E-state index in [2.05, 4.69) is 26.2 Å². The number of halogens is 1. The van der Waals surface area contributed by atoms with Crippen molar-refractivity contribution in [3.05, 3.63) is 28.9 Å². The van der Waals surface area contributed by atoms with Crippen molar-refractivity contribution in [1.29, 1.82) is 0 Å². The minimum atomic E-state index is -3.25. The highest BCUT2D eigenvalue weighted by Gasteiger charge is 2.18. The van der Waals surface area contributed by atoms with E-state index in [4.69, 9.17) is 0 Å². The van der Waals surface area contributed by atoms with E-state index in [-0.39, 0.29) is 0 Å². The van der Waals surface area contributed by atoms with Crippen LogP contribution in [-0.4, -0.2) is 38.2 Å². The fourth-order valence-corrected chi connectivity index (χ4v) is 3.61. The van der Waals surface area contributed by atoms with Crippen LogP contribution in [0.3, 0.4) is 0 Å². The van der Waals surface area contributed by atoms with Gasteiger partial charge in [0, 0.05) is 28.9 Å². The molecule has 0 aliphatic carbocycles. The average Bonchev–Trinajstić information content (AvgIpc) is 2.97. The number of hydrogen-bond acceptors (Lipinski definition) is 4. The van der Waals surface area contributed by atoms with Crippen molar-refractivity contribution in [2.24, 2.45) is 4.99 Å². The van der Waals surface area contributed by atoms with Gasteiger partial charge in [-0.05, 0) is 12.1 Å². The molecule has 20 heavy (non-hydrogen) atoms. The molecule has 0 unspecified atom stereocenters. The van der Waals surface area contributed by atoms with Crippen molar-refractivity contribution >= 4 is 42.5 Å². The maximum atomic E-state index is 11.9. The number of nitrogens with zero attached hydrogens (tertiary/aromatic N) is 2. The second-order valence-corrected chi connectivity index (χ2v) is 7.71. The lowest BCUT2D eigenvalue weighted by molar-refractivity contribution is 0.602. The van der Waals surface area contributed by atoms with E-state index >= 15 is 0 Å². The molecule has 0 atom stereocenters. The summed E-state index contributed by atoms with van der Waals surface area (Å²) in [5.41, 5.74) is 0.885. The molecule has 1 aliphatic heterocycles. The Bertz CT molecular complexity index is 808. The first-order valence-corrected chi connectivity index (χ1v) is 8.89. The molecule has 0 fully saturated rings. The number of amidine groups is 1. The van der Waals surface area contributed by atoms with E-state index in [1.54, 1.807) is 6.20 Å². The molecule has 0 bridgehead atoms. The van der Waals surface area contributed by atoms with Crippen molar-refractivity contribution in [2.75, 3.05) is 19.3 Å². The molecule has 1 aromatic heterocycles. The van der Waals surface area contributed by atoms with E-state index in [1.807, 2.05) is 22.8 Å². The van der Waals surface area contributed by atoms with Crippen molar-refractivity contribution in [1.82, 2.24) is 9.88 Å². The first-order valence-electron chi connectivity index (χ1n) is 6.21. The summed E-state index contributed by atoms with van der Waals surface area (Å²) >= 11 is 3.43. The molecule has 0 radical (unpaired) electrons. The molecule has 0 amide bonds. The smallest absolute Gasteiger partial charge is 0.177 e. The third-order valence-electron chi connectivity index (χ3n) is 3.27. The lowest BCUT2D eigenvalue weighted by atomic mass is 10.2. The zero-order chi connectivity index (χ0) is 14.3. The summed E-state index contributed by atoms with van der Waals surface area (Å²) < 4.78 is 26.7. The molecule has 7 heteroatoms. The van der Waals surface area contributed by atoms with Crippen LogP contribution >= 0.6 is 15.9 Å². The highest BCUT2D eigenvalue weighted by molar-refractivity contribution is 9.10. The predicted octanol–water partition coefficient (Wildman–Crippen LogP) is 1.81. The number of rotatable bonds is 3. The van der Waals surface area contributed by atoms with Gasteiger partial charge >= 0.3 is 0 Å². The van der Waals surface area contributed by atoms with Crippen LogP contribution in [0.5, 0.6) is 0 Å². The molecule has 1 N–H and O–H groups in total. The molecule has 2 heterocycles. The summed E-state index contributed by atoms with van der Waals surface area (Å²) in [7, 11) is -3.25. The van der Waals surface area contributed by atoms with Gasteiger partial charge in [0.2, 0.25) is 0 Å². The summed E-state index contributed by atoms with van der Waals surface area (Å²) in [5.74, 6) is 0.891. The normalized spacial score (nSPS) is 15.4. The maximum absolute atomic E-state index is 11.9. The van der Waals surface area contributed by atoms with Gasteiger partial charge in [-0.1, -0.05) is 22.0 Å². The Balaban J connectivity index is 2.18. The molecule has 1 aliphatic rings. The van der Waals surface area contributed by atoms with E-state index in [0.717, 1.165) is 34.3 Å². The van der Waals surface area contributed by atoms with Gasteiger partial charge in [0.15, 0.2) is 9.84 Å². The van der Waals surface area contributed by atoms with Gasteiger partial charge in [-0.3, -0.25) is 4.99 Å². The maximum Gasteiger partial charge on any atom is 0.177 e. The number of nitrogens with one attached hydrogen (secondary N) is 1. The number of hydrogen-bond donors (Lipinski definition) is 1. The SMILES string of the molecule is CS(=O)(=O)c1cn(CC2=NCCN2)c2cc(Br)ccc12. The first-order chi connectivity index (χ1) is 9.45. The average molecular weight is 356 g/mol. The van der Waals surface area contributed by atoms with E-state index in [0.29, 0.717) is 11.4 Å². The Morgan fingerprint density at radius 1 is 1.45 bits per heavy atom. The Hall–Kier alpha value is -1.34. The number of aromatic nitrogens is 1. The van der Waals surface area contributed by atoms with Gasteiger partial charge in [-0.25, -0.2) is 8.42 Å². The molecule has 1 aromatic carbocycles. The lowest BCUT2D eigenvalue weighted by Gasteiger charge is -2.06. The van der Waals surface area contributed by atoms with Gasteiger partial charge in [-0.15, -0.1) is 0 Å². The lowest BCUT2D eigenvalue weighted by Crippen LogP contribution is -2.23. The monoisotopic (exact) mass is 355 g/mol. The third-order valence-corrected chi connectivity index (χ3v) is 4.89. The zero-order valence-corrected chi connectivity index (χ0v) is 13.3. The summed E-state index contributed by atoms with van der Waals surface area (Å²) in [4.78, 5) is 4.72. The van der Waals surface area contributed by atoms with Crippen LogP contribution in [0.25, 0.3) is 10.9 Å². The standard InChI is InChI=1S/C13H14BrN3O2S/c1-20(18,19)12-7-17(8-13-15-4-5-16-13)11-6-9(14)2-3-10(11)12/h2-3,6-7H,4-5,8H2,1H3,(H,15,16). The predicted molar refractivity (Wildman–Crippen MR) is 83.1 cm³/mol. The van der Waals surface area contributed by atoms with E-state index < -0.39 is 9.84 Å². The number of fused-ring (bicyclic) bond motifs is 1. The fourth-order valence-electron chi connectivity index (χ4n) is 2.37. The van der Waals surface area contributed by atoms with Crippen LogP contribution in [0, 0.1) is 0 Å². The molecule has 0 saturated carbocycles. The van der Waals surface area contributed by atoms with Crippen LogP contribution in [0.15, 0.2) is 38.8 Å². The van der Waals surface area contributed by atoms with Crippen LogP contribution in [0.4, 0.5) is 0 Å². The van der Waals surface area contributed by atoms with Crippen molar-refractivity contribution < 1.29 is 8.42 Å².